The second kappa shape index (κ2) is 10.6. The van der Waals surface area contributed by atoms with Crippen molar-refractivity contribution >= 4 is 22.5 Å². The number of halogens is 2. The van der Waals surface area contributed by atoms with Crippen LogP contribution in [0.1, 0.15) is 5.69 Å². The molecule has 2 heterocycles. The second-order valence-corrected chi connectivity index (χ2v) is 4.80. The lowest BCUT2D eigenvalue weighted by Crippen LogP contribution is -2.10. The first kappa shape index (κ1) is 20.8. The molecular formula is C13H13F2N5O5S. The Kier molecular flexibility index (Phi) is 8.49. The third kappa shape index (κ3) is 8.58. The first-order valence-corrected chi connectivity index (χ1v) is 7.70. The molecule has 0 saturated carbocycles. The van der Waals surface area contributed by atoms with Crippen molar-refractivity contribution in [2.24, 2.45) is 4.36 Å². The number of anilines is 1. The minimum Gasteiger partial charge on any atom is -0.481 e. The Morgan fingerprint density at radius 3 is 2.62 bits per heavy atom. The van der Waals surface area contributed by atoms with E-state index >= 15 is 0 Å². The smallest absolute Gasteiger partial charge is 0.387 e. The van der Waals surface area contributed by atoms with Crippen LogP contribution in [0.25, 0.3) is 0 Å². The summed E-state index contributed by atoms with van der Waals surface area (Å²) in [5.74, 6) is 0.264. The highest BCUT2D eigenvalue weighted by atomic mass is 32.2. The van der Waals surface area contributed by atoms with E-state index in [1.165, 1.54) is 31.6 Å². The molecule has 0 spiro atoms. The standard InChI is InChI=1S/C7H8N4O4S.C6H5F2NO/c1-4-3-5(15-2)9-6(8-4)10-7(12)11-16(13)14;7-6(8)10-5-2-1-3-9-4-5/h3H,1-2H3,(H,8,9,10,12);1-4,6H. The molecule has 0 aliphatic carbocycles. The van der Waals surface area contributed by atoms with E-state index in [1.807, 2.05) is 0 Å². The first-order chi connectivity index (χ1) is 12.3. The third-order valence-corrected chi connectivity index (χ3v) is 2.59. The van der Waals surface area contributed by atoms with Crippen molar-refractivity contribution in [3.05, 3.63) is 36.3 Å². The number of carbonyl (C=O) groups excluding carboxylic acids is 1. The van der Waals surface area contributed by atoms with E-state index in [9.17, 15) is 22.0 Å². The largest absolute Gasteiger partial charge is 0.481 e. The molecule has 0 aliphatic rings. The predicted molar refractivity (Wildman–Crippen MR) is 84.6 cm³/mol. The third-order valence-electron chi connectivity index (χ3n) is 2.28. The SMILES string of the molecule is COc1cc(C)nc(NC(=O)N=S(=O)=O)n1.FC(F)Oc1cccnc1. The van der Waals surface area contributed by atoms with Gasteiger partial charge in [0, 0.05) is 18.0 Å². The number of nitrogens with one attached hydrogen (secondary N) is 1. The highest BCUT2D eigenvalue weighted by molar-refractivity contribution is 7.62. The number of methoxy groups -OCH3 is 1. The van der Waals surface area contributed by atoms with Gasteiger partial charge >= 0.3 is 23.1 Å². The summed E-state index contributed by atoms with van der Waals surface area (Å²) >= 11 is 0. The van der Waals surface area contributed by atoms with Crippen LogP contribution in [0.4, 0.5) is 19.5 Å². The number of alkyl halides is 2. The Morgan fingerprint density at radius 1 is 1.35 bits per heavy atom. The Bertz CT molecular complexity index is 856. The zero-order valence-corrected chi connectivity index (χ0v) is 14.3. The molecule has 0 atom stereocenters. The monoisotopic (exact) mass is 389 g/mol. The number of urea groups is 1. The first-order valence-electron chi connectivity index (χ1n) is 6.66. The van der Waals surface area contributed by atoms with Crippen molar-refractivity contribution in [3.8, 4) is 11.6 Å². The van der Waals surface area contributed by atoms with E-state index in [0.29, 0.717) is 5.69 Å². The molecule has 26 heavy (non-hydrogen) atoms. The van der Waals surface area contributed by atoms with Crippen LogP contribution < -0.4 is 14.8 Å². The van der Waals surface area contributed by atoms with Crippen LogP contribution in [0.15, 0.2) is 35.0 Å². The molecule has 1 N–H and O–H groups in total. The van der Waals surface area contributed by atoms with Crippen LogP contribution in [0.5, 0.6) is 11.6 Å². The van der Waals surface area contributed by atoms with Gasteiger partial charge in [-0.1, -0.05) is 4.36 Å². The van der Waals surface area contributed by atoms with Crippen LogP contribution >= 0.6 is 0 Å². The van der Waals surface area contributed by atoms with E-state index in [1.54, 1.807) is 13.0 Å². The number of pyridine rings is 1. The second-order valence-electron chi connectivity index (χ2n) is 4.18. The molecule has 0 radical (unpaired) electrons. The van der Waals surface area contributed by atoms with Gasteiger partial charge in [0.1, 0.15) is 5.75 Å². The maximum Gasteiger partial charge on any atom is 0.387 e. The number of hydrogen-bond acceptors (Lipinski definition) is 8. The fourth-order valence-electron chi connectivity index (χ4n) is 1.41. The van der Waals surface area contributed by atoms with E-state index in [0.717, 1.165) is 0 Å². The van der Waals surface area contributed by atoms with Crippen molar-refractivity contribution in [2.45, 2.75) is 13.5 Å². The van der Waals surface area contributed by atoms with E-state index < -0.39 is 23.1 Å². The fourth-order valence-corrected chi connectivity index (χ4v) is 1.59. The van der Waals surface area contributed by atoms with Crippen LogP contribution in [-0.4, -0.2) is 43.1 Å². The summed E-state index contributed by atoms with van der Waals surface area (Å²) < 4.78 is 54.7. The quantitative estimate of drug-likeness (QED) is 0.840. The highest BCUT2D eigenvalue weighted by Crippen LogP contribution is 2.11. The summed E-state index contributed by atoms with van der Waals surface area (Å²) in [7, 11) is -1.40. The van der Waals surface area contributed by atoms with Gasteiger partial charge in [-0.2, -0.15) is 22.2 Å². The minimum absolute atomic E-state index is 0.0731. The Hall–Kier alpha value is -3.22. The summed E-state index contributed by atoms with van der Waals surface area (Å²) in [4.78, 5) is 22.1. The number of aryl methyl sites for hydroxylation is 1. The van der Waals surface area contributed by atoms with Gasteiger partial charge in [0.05, 0.1) is 13.3 Å². The molecule has 0 aliphatic heterocycles. The number of hydrogen-bond donors (Lipinski definition) is 1. The highest BCUT2D eigenvalue weighted by Gasteiger charge is 2.06. The van der Waals surface area contributed by atoms with Gasteiger partial charge in [-0.05, 0) is 19.1 Å². The van der Waals surface area contributed by atoms with Gasteiger partial charge in [0.2, 0.25) is 11.8 Å². The molecule has 2 amide bonds. The summed E-state index contributed by atoms with van der Waals surface area (Å²) in [6.07, 6.45) is 2.71. The number of ether oxygens (including phenoxy) is 2. The lowest BCUT2D eigenvalue weighted by atomic mass is 10.4. The van der Waals surface area contributed by atoms with Crippen LogP contribution in [0.2, 0.25) is 0 Å². The number of amides is 2. The molecule has 10 nitrogen and oxygen atoms in total. The molecule has 0 fully saturated rings. The maximum atomic E-state index is 11.5. The molecule has 2 aromatic heterocycles. The van der Waals surface area contributed by atoms with Gasteiger partial charge in [-0.25, -0.2) is 9.78 Å². The summed E-state index contributed by atoms with van der Waals surface area (Å²) in [6.45, 7) is -1.10. The van der Waals surface area contributed by atoms with Crippen molar-refractivity contribution in [3.63, 3.8) is 0 Å². The molecular weight excluding hydrogens is 376 g/mol. The van der Waals surface area contributed by atoms with E-state index in [2.05, 4.69) is 29.4 Å². The number of nitrogens with zero attached hydrogens (tertiary/aromatic N) is 4. The fraction of sp³-hybridized carbons (Fsp3) is 0.231. The van der Waals surface area contributed by atoms with E-state index in [-0.39, 0.29) is 17.6 Å². The topological polar surface area (TPSA) is 133 Å². The molecule has 0 aromatic carbocycles. The lowest BCUT2D eigenvalue weighted by Gasteiger charge is -2.03. The van der Waals surface area contributed by atoms with Gasteiger partial charge < -0.3 is 9.47 Å². The average Bonchev–Trinajstić information content (AvgIpc) is 2.54. The number of rotatable bonds is 4. The van der Waals surface area contributed by atoms with Gasteiger partial charge in [-0.15, -0.1) is 0 Å². The molecule has 2 rings (SSSR count). The summed E-state index contributed by atoms with van der Waals surface area (Å²) in [6, 6.07) is 3.43. The van der Waals surface area contributed by atoms with Gasteiger partial charge in [0.25, 0.3) is 0 Å². The zero-order valence-electron chi connectivity index (χ0n) is 13.5. The Balaban J connectivity index is 0.000000289. The minimum atomic E-state index is -2.81. The molecule has 13 heteroatoms. The van der Waals surface area contributed by atoms with Crippen LogP contribution in [0.3, 0.4) is 0 Å². The van der Waals surface area contributed by atoms with Gasteiger partial charge in [0.15, 0.2) is 0 Å². The normalized spacial score (nSPS) is 9.58. The van der Waals surface area contributed by atoms with Crippen LogP contribution in [0, 0.1) is 6.92 Å². The molecule has 140 valence electrons. The van der Waals surface area contributed by atoms with Crippen molar-refractivity contribution in [2.75, 3.05) is 12.4 Å². The molecule has 0 bridgehead atoms. The number of aromatic nitrogens is 3. The lowest BCUT2D eigenvalue weighted by molar-refractivity contribution is -0.0500. The van der Waals surface area contributed by atoms with Gasteiger partial charge in [-0.3, -0.25) is 10.3 Å². The Morgan fingerprint density at radius 2 is 2.08 bits per heavy atom. The molecule has 2 aromatic rings. The van der Waals surface area contributed by atoms with E-state index in [4.69, 9.17) is 4.74 Å². The maximum absolute atomic E-state index is 11.5. The van der Waals surface area contributed by atoms with Crippen molar-refractivity contribution in [1.82, 2.24) is 15.0 Å². The predicted octanol–water partition coefficient (Wildman–Crippen LogP) is 2.07. The zero-order chi connectivity index (χ0) is 19.5. The molecule has 0 unspecified atom stereocenters. The molecule has 0 saturated heterocycles. The number of carbonyl (C=O) groups is 1. The summed E-state index contributed by atoms with van der Waals surface area (Å²) in [5, 5.41) is 2.09. The van der Waals surface area contributed by atoms with Crippen molar-refractivity contribution < 1.29 is 31.5 Å². The van der Waals surface area contributed by atoms with Crippen molar-refractivity contribution in [1.29, 1.82) is 0 Å². The van der Waals surface area contributed by atoms with Crippen LogP contribution in [-0.2, 0) is 10.5 Å². The average molecular weight is 389 g/mol. The Labute approximate surface area is 147 Å². The summed E-state index contributed by atoms with van der Waals surface area (Å²) in [5.41, 5.74) is 0.561.